The lowest BCUT2D eigenvalue weighted by Crippen LogP contribution is -2.46. The molecule has 6 heteroatoms. The molecule has 0 amide bonds. The molecule has 0 aliphatic carbocycles. The lowest BCUT2D eigenvalue weighted by molar-refractivity contribution is 0.293. The predicted molar refractivity (Wildman–Crippen MR) is 92.1 cm³/mol. The number of aliphatic imine (C=N–C) groups is 1. The van der Waals surface area contributed by atoms with Crippen molar-refractivity contribution in [2.45, 2.75) is 38.6 Å². The summed E-state index contributed by atoms with van der Waals surface area (Å²) in [6.07, 6.45) is 4.35. The Labute approximate surface area is 144 Å². The van der Waals surface area contributed by atoms with Crippen LogP contribution in [0.25, 0.3) is 5.65 Å². The lowest BCUT2D eigenvalue weighted by Gasteiger charge is -2.44. The summed E-state index contributed by atoms with van der Waals surface area (Å²) in [6.45, 7) is 7.98. The fourth-order valence-corrected chi connectivity index (χ4v) is 3.33. The number of halogens is 2. The van der Waals surface area contributed by atoms with Crippen LogP contribution in [-0.4, -0.2) is 25.8 Å². The third kappa shape index (κ3) is 2.13. The molecule has 0 bridgehead atoms. The van der Waals surface area contributed by atoms with Crippen molar-refractivity contribution in [2.24, 2.45) is 4.99 Å². The molecule has 0 spiro atoms. The summed E-state index contributed by atoms with van der Waals surface area (Å²) >= 11 is 0. The molecule has 0 saturated heterocycles. The second-order valence-corrected chi connectivity index (χ2v) is 7.41. The zero-order chi connectivity index (χ0) is 18.0. The monoisotopic (exact) mass is 340 g/mol. The van der Waals surface area contributed by atoms with Crippen LogP contribution in [0.1, 0.15) is 44.4 Å². The maximum Gasteiger partial charge on any atom is 0.191 e. The number of benzene rings is 1. The first kappa shape index (κ1) is 15.9. The van der Waals surface area contributed by atoms with Crippen molar-refractivity contribution in [3.05, 3.63) is 65.1 Å². The van der Waals surface area contributed by atoms with E-state index in [9.17, 15) is 8.78 Å². The van der Waals surface area contributed by atoms with Gasteiger partial charge in [0.25, 0.3) is 0 Å². The smallest absolute Gasteiger partial charge is 0.191 e. The average Bonchev–Trinajstić information content (AvgIpc) is 2.92. The van der Waals surface area contributed by atoms with Gasteiger partial charge in [0.05, 0.1) is 17.4 Å². The zero-order valence-corrected chi connectivity index (χ0v) is 14.5. The Bertz CT molecular complexity index is 1030. The molecule has 0 fully saturated rings. The van der Waals surface area contributed by atoms with Crippen LogP contribution in [0.4, 0.5) is 8.78 Å². The maximum atomic E-state index is 14.7. The van der Waals surface area contributed by atoms with Gasteiger partial charge in [0, 0.05) is 34.5 Å². The predicted octanol–water partition coefficient (Wildman–Crippen LogP) is 3.91. The van der Waals surface area contributed by atoms with E-state index >= 15 is 0 Å². The first-order valence-electron chi connectivity index (χ1n) is 8.11. The highest BCUT2D eigenvalue weighted by atomic mass is 19.1. The highest BCUT2D eigenvalue weighted by molar-refractivity contribution is 6.14. The van der Waals surface area contributed by atoms with E-state index in [0.717, 1.165) is 11.8 Å². The number of hydrogen-bond acceptors (Lipinski definition) is 3. The molecule has 0 saturated carbocycles. The van der Waals surface area contributed by atoms with Crippen molar-refractivity contribution < 1.29 is 8.78 Å². The summed E-state index contributed by atoms with van der Waals surface area (Å²) in [5.41, 5.74) is 1.83. The number of hydrogen-bond donors (Lipinski definition) is 0. The minimum Gasteiger partial charge on any atom is -0.277 e. The molecular formula is C19H18F2N4. The minimum atomic E-state index is -0.526. The highest BCUT2D eigenvalue weighted by Gasteiger charge is 2.45. The second kappa shape index (κ2) is 4.94. The molecule has 0 unspecified atom stereocenters. The Morgan fingerprint density at radius 1 is 1.00 bits per heavy atom. The van der Waals surface area contributed by atoms with Gasteiger partial charge in [-0.05, 0) is 19.9 Å². The molecule has 0 N–H and O–H groups in total. The molecular weight excluding hydrogens is 322 g/mol. The van der Waals surface area contributed by atoms with Gasteiger partial charge in [0.15, 0.2) is 11.5 Å². The maximum absolute atomic E-state index is 14.7. The summed E-state index contributed by atoms with van der Waals surface area (Å²) in [4.78, 5) is 9.05. The molecule has 2 aromatic heterocycles. The van der Waals surface area contributed by atoms with Crippen LogP contribution in [0.3, 0.4) is 0 Å². The van der Waals surface area contributed by atoms with Gasteiger partial charge in [-0.1, -0.05) is 26.0 Å². The van der Waals surface area contributed by atoms with Crippen LogP contribution in [0, 0.1) is 11.6 Å². The second-order valence-electron chi connectivity index (χ2n) is 7.41. The van der Waals surface area contributed by atoms with Gasteiger partial charge in [-0.25, -0.2) is 18.3 Å². The topological polar surface area (TPSA) is 42.5 Å². The van der Waals surface area contributed by atoms with Gasteiger partial charge in [-0.15, -0.1) is 0 Å². The third-order valence-electron chi connectivity index (χ3n) is 5.40. The molecule has 3 heterocycles. The van der Waals surface area contributed by atoms with Crippen molar-refractivity contribution in [1.29, 1.82) is 0 Å². The van der Waals surface area contributed by atoms with Crippen molar-refractivity contribution in [1.82, 2.24) is 14.6 Å². The van der Waals surface area contributed by atoms with E-state index in [0.29, 0.717) is 16.8 Å². The number of rotatable bonds is 1. The molecule has 1 aliphatic heterocycles. The van der Waals surface area contributed by atoms with E-state index in [1.165, 1.54) is 10.6 Å². The normalized spacial score (nSPS) is 18.1. The standard InChI is InChI=1S/C19H18F2N4/c1-18(2)15-12(6-5-7-13(15)20)16(24-19(18,3)4)11-8-22-17-14(21)9-23-25(17)10-11/h5-10H,1-4H3. The molecule has 0 radical (unpaired) electrons. The quantitative estimate of drug-likeness (QED) is 0.674. The summed E-state index contributed by atoms with van der Waals surface area (Å²) in [6, 6.07) is 5.02. The average molecular weight is 340 g/mol. The first-order chi connectivity index (χ1) is 11.7. The molecule has 4 rings (SSSR count). The van der Waals surface area contributed by atoms with Crippen molar-refractivity contribution in [3.63, 3.8) is 0 Å². The summed E-state index contributed by atoms with van der Waals surface area (Å²) in [5, 5.41) is 3.96. The van der Waals surface area contributed by atoms with E-state index < -0.39 is 16.8 Å². The van der Waals surface area contributed by atoms with Gasteiger partial charge in [-0.2, -0.15) is 5.10 Å². The molecule has 1 aliphatic rings. The fourth-order valence-electron chi connectivity index (χ4n) is 3.33. The van der Waals surface area contributed by atoms with Crippen LogP contribution in [-0.2, 0) is 5.41 Å². The van der Waals surface area contributed by atoms with Gasteiger partial charge < -0.3 is 0 Å². The van der Waals surface area contributed by atoms with Crippen LogP contribution < -0.4 is 0 Å². The molecule has 0 atom stereocenters. The fraction of sp³-hybridized carbons (Fsp3) is 0.316. The largest absolute Gasteiger partial charge is 0.277 e. The SMILES string of the molecule is CC1(C)N=C(c2cnc3c(F)cnn3c2)c2cccc(F)c2C1(C)C. The number of nitrogens with zero attached hydrogens (tertiary/aromatic N) is 4. The summed E-state index contributed by atoms with van der Waals surface area (Å²) < 4.78 is 29.7. The Morgan fingerprint density at radius 3 is 2.52 bits per heavy atom. The van der Waals surface area contributed by atoms with E-state index in [4.69, 9.17) is 4.99 Å². The van der Waals surface area contributed by atoms with Crippen molar-refractivity contribution in [2.75, 3.05) is 0 Å². The van der Waals surface area contributed by atoms with Gasteiger partial charge >= 0.3 is 0 Å². The molecule has 25 heavy (non-hydrogen) atoms. The molecule has 3 aromatic rings. The third-order valence-corrected chi connectivity index (χ3v) is 5.40. The van der Waals surface area contributed by atoms with Crippen LogP contribution in [0.15, 0.2) is 41.8 Å². The molecule has 1 aromatic carbocycles. The van der Waals surface area contributed by atoms with Gasteiger partial charge in [-0.3, -0.25) is 4.99 Å². The Hall–Kier alpha value is -2.63. The summed E-state index contributed by atoms with van der Waals surface area (Å²) in [5.74, 6) is -0.729. The van der Waals surface area contributed by atoms with Gasteiger partial charge in [0.2, 0.25) is 0 Å². The zero-order valence-electron chi connectivity index (χ0n) is 14.5. The van der Waals surface area contributed by atoms with Gasteiger partial charge in [0.1, 0.15) is 5.82 Å². The van der Waals surface area contributed by atoms with E-state index in [-0.39, 0.29) is 11.5 Å². The Balaban J connectivity index is 2.00. The number of aromatic nitrogens is 3. The Kier molecular flexibility index (Phi) is 3.14. The highest BCUT2D eigenvalue weighted by Crippen LogP contribution is 2.44. The van der Waals surface area contributed by atoms with Crippen LogP contribution in [0.5, 0.6) is 0 Å². The van der Waals surface area contributed by atoms with Crippen molar-refractivity contribution in [3.8, 4) is 0 Å². The minimum absolute atomic E-state index is 0.152. The van der Waals surface area contributed by atoms with Crippen LogP contribution >= 0.6 is 0 Å². The molecule has 128 valence electrons. The lowest BCUT2D eigenvalue weighted by atomic mass is 9.65. The van der Waals surface area contributed by atoms with Crippen molar-refractivity contribution >= 4 is 11.4 Å². The molecule has 4 nitrogen and oxygen atoms in total. The van der Waals surface area contributed by atoms with E-state index in [1.807, 2.05) is 33.8 Å². The first-order valence-corrected chi connectivity index (χ1v) is 8.11. The van der Waals surface area contributed by atoms with E-state index in [2.05, 4.69) is 10.1 Å². The number of fused-ring (bicyclic) bond motifs is 2. The summed E-state index contributed by atoms with van der Waals surface area (Å²) in [7, 11) is 0. The van der Waals surface area contributed by atoms with E-state index in [1.54, 1.807) is 18.5 Å². The Morgan fingerprint density at radius 2 is 1.76 bits per heavy atom. The van der Waals surface area contributed by atoms with Crippen LogP contribution in [0.2, 0.25) is 0 Å².